The Labute approximate surface area is 191 Å². The molecule has 0 bridgehead atoms. The summed E-state index contributed by atoms with van der Waals surface area (Å²) < 4.78 is 0. The van der Waals surface area contributed by atoms with Gasteiger partial charge in [0.25, 0.3) is 0 Å². The van der Waals surface area contributed by atoms with Crippen LogP contribution in [0.2, 0.25) is 0 Å². The Balaban J connectivity index is 3.00. The van der Waals surface area contributed by atoms with E-state index < -0.39 is 0 Å². The normalized spacial score (nSPS) is 12.5. The topological polar surface area (TPSA) is 38.0 Å². The van der Waals surface area contributed by atoms with Crippen molar-refractivity contribution in [3.63, 3.8) is 0 Å². The van der Waals surface area contributed by atoms with Gasteiger partial charge in [-0.05, 0) is 19.9 Å². The standard InChI is InChI=1S/C28H60N2/c1-3-4-5-6-7-8-9-10-11-12-13-14-15-16-17-18-19-20-21-22-23-24-25-26-30-28(2)27-29/h28,30H,3-27,29H2,1-2H3. The predicted octanol–water partition coefficient (Wildman–Crippen LogP) is 8.92. The van der Waals surface area contributed by atoms with Crippen LogP contribution in [0.3, 0.4) is 0 Å². The average molecular weight is 425 g/mol. The molecule has 0 aromatic rings. The Bertz CT molecular complexity index is 292. The zero-order valence-electron chi connectivity index (χ0n) is 21.3. The van der Waals surface area contributed by atoms with Crippen LogP contribution in [-0.4, -0.2) is 19.1 Å². The molecule has 0 aromatic heterocycles. The maximum absolute atomic E-state index is 5.61. The van der Waals surface area contributed by atoms with Crippen molar-refractivity contribution in [1.82, 2.24) is 5.32 Å². The van der Waals surface area contributed by atoms with Gasteiger partial charge in [0.2, 0.25) is 0 Å². The first-order valence-electron chi connectivity index (χ1n) is 14.2. The molecule has 1 atom stereocenters. The zero-order valence-corrected chi connectivity index (χ0v) is 21.3. The van der Waals surface area contributed by atoms with E-state index in [2.05, 4.69) is 19.2 Å². The van der Waals surface area contributed by atoms with Crippen LogP contribution in [-0.2, 0) is 0 Å². The van der Waals surface area contributed by atoms with Crippen molar-refractivity contribution in [3.05, 3.63) is 0 Å². The van der Waals surface area contributed by atoms with Gasteiger partial charge in [0, 0.05) is 12.6 Å². The summed E-state index contributed by atoms with van der Waals surface area (Å²) in [4.78, 5) is 0. The van der Waals surface area contributed by atoms with Crippen molar-refractivity contribution in [2.24, 2.45) is 5.73 Å². The van der Waals surface area contributed by atoms with Gasteiger partial charge in [-0.3, -0.25) is 0 Å². The van der Waals surface area contributed by atoms with Gasteiger partial charge < -0.3 is 11.1 Å². The van der Waals surface area contributed by atoms with Crippen molar-refractivity contribution in [2.75, 3.05) is 13.1 Å². The summed E-state index contributed by atoms with van der Waals surface area (Å²) in [6.07, 6.45) is 33.4. The van der Waals surface area contributed by atoms with E-state index in [1.807, 2.05) is 0 Å². The lowest BCUT2D eigenvalue weighted by atomic mass is 10.0. The molecule has 0 aliphatic carbocycles. The molecule has 2 nitrogen and oxygen atoms in total. The highest BCUT2D eigenvalue weighted by Gasteiger charge is 1.97. The molecule has 3 N–H and O–H groups in total. The summed E-state index contributed by atoms with van der Waals surface area (Å²) in [6.45, 7) is 6.35. The predicted molar refractivity (Wildman–Crippen MR) is 138 cm³/mol. The second-order valence-corrected chi connectivity index (χ2v) is 9.87. The Morgan fingerprint density at radius 3 is 1.00 bits per heavy atom. The third-order valence-electron chi connectivity index (χ3n) is 6.63. The first kappa shape index (κ1) is 29.9. The molecule has 0 saturated carbocycles. The van der Waals surface area contributed by atoms with Gasteiger partial charge in [-0.2, -0.15) is 0 Å². The fraction of sp³-hybridized carbons (Fsp3) is 1.00. The fourth-order valence-corrected chi connectivity index (χ4v) is 4.34. The molecule has 0 saturated heterocycles. The summed E-state index contributed by atoms with van der Waals surface area (Å²) in [5.74, 6) is 0. The molecule has 0 spiro atoms. The summed E-state index contributed by atoms with van der Waals surface area (Å²) in [5, 5.41) is 3.47. The van der Waals surface area contributed by atoms with Gasteiger partial charge in [-0.15, -0.1) is 0 Å². The third-order valence-corrected chi connectivity index (χ3v) is 6.63. The Hall–Kier alpha value is -0.0800. The van der Waals surface area contributed by atoms with E-state index in [4.69, 9.17) is 5.73 Å². The molecule has 2 heteroatoms. The van der Waals surface area contributed by atoms with Crippen LogP contribution in [0.5, 0.6) is 0 Å². The Morgan fingerprint density at radius 2 is 0.733 bits per heavy atom. The highest BCUT2D eigenvalue weighted by molar-refractivity contribution is 4.60. The molecule has 0 amide bonds. The van der Waals surface area contributed by atoms with Crippen LogP contribution in [0.4, 0.5) is 0 Å². The zero-order chi connectivity index (χ0) is 22.0. The highest BCUT2D eigenvalue weighted by atomic mass is 14.9. The quantitative estimate of drug-likeness (QED) is 0.136. The van der Waals surface area contributed by atoms with Gasteiger partial charge in [0.15, 0.2) is 0 Å². The summed E-state index contributed by atoms with van der Waals surface area (Å²) in [7, 11) is 0. The van der Waals surface area contributed by atoms with Gasteiger partial charge in [-0.25, -0.2) is 0 Å². The summed E-state index contributed by atoms with van der Waals surface area (Å²) in [6, 6.07) is 0.477. The number of unbranched alkanes of at least 4 members (excludes halogenated alkanes) is 22. The van der Waals surface area contributed by atoms with E-state index in [9.17, 15) is 0 Å². The van der Waals surface area contributed by atoms with Crippen LogP contribution < -0.4 is 11.1 Å². The molecule has 1 unspecified atom stereocenters. The van der Waals surface area contributed by atoms with Gasteiger partial charge in [0.1, 0.15) is 0 Å². The minimum absolute atomic E-state index is 0.477. The largest absolute Gasteiger partial charge is 0.329 e. The molecular weight excluding hydrogens is 364 g/mol. The molecule has 0 radical (unpaired) electrons. The van der Waals surface area contributed by atoms with Crippen molar-refractivity contribution in [1.29, 1.82) is 0 Å². The van der Waals surface area contributed by atoms with Crippen LogP contribution >= 0.6 is 0 Å². The molecular formula is C28H60N2. The van der Waals surface area contributed by atoms with Crippen molar-refractivity contribution in [3.8, 4) is 0 Å². The molecule has 30 heavy (non-hydrogen) atoms. The monoisotopic (exact) mass is 424 g/mol. The van der Waals surface area contributed by atoms with Crippen LogP contribution in [0.1, 0.15) is 162 Å². The van der Waals surface area contributed by atoms with E-state index in [-0.39, 0.29) is 0 Å². The van der Waals surface area contributed by atoms with E-state index in [0.717, 1.165) is 13.1 Å². The maximum atomic E-state index is 5.61. The SMILES string of the molecule is CCCCCCCCCCCCCCCCCCCCCCCCCNC(C)CN. The highest BCUT2D eigenvalue weighted by Crippen LogP contribution is 2.15. The molecule has 0 aliphatic rings. The number of nitrogens with two attached hydrogens (primary N) is 1. The second kappa shape index (κ2) is 27.0. The third kappa shape index (κ3) is 26.0. The number of hydrogen-bond acceptors (Lipinski definition) is 2. The maximum Gasteiger partial charge on any atom is 0.0161 e. The van der Waals surface area contributed by atoms with E-state index in [0.29, 0.717) is 6.04 Å². The Morgan fingerprint density at radius 1 is 0.467 bits per heavy atom. The van der Waals surface area contributed by atoms with Crippen LogP contribution in [0.15, 0.2) is 0 Å². The van der Waals surface area contributed by atoms with E-state index in [1.54, 1.807) is 0 Å². The minimum atomic E-state index is 0.477. The lowest BCUT2D eigenvalue weighted by Crippen LogP contribution is -2.33. The molecule has 0 rings (SSSR count). The second-order valence-electron chi connectivity index (χ2n) is 9.87. The lowest BCUT2D eigenvalue weighted by Gasteiger charge is -2.10. The van der Waals surface area contributed by atoms with Gasteiger partial charge in [0.05, 0.1) is 0 Å². The van der Waals surface area contributed by atoms with Crippen molar-refractivity contribution >= 4 is 0 Å². The lowest BCUT2D eigenvalue weighted by molar-refractivity contribution is 0.506. The van der Waals surface area contributed by atoms with Crippen LogP contribution in [0.25, 0.3) is 0 Å². The first-order chi connectivity index (χ1) is 14.8. The fourth-order valence-electron chi connectivity index (χ4n) is 4.34. The molecule has 0 aromatic carbocycles. The van der Waals surface area contributed by atoms with Crippen molar-refractivity contribution < 1.29 is 0 Å². The van der Waals surface area contributed by atoms with Gasteiger partial charge >= 0.3 is 0 Å². The summed E-state index contributed by atoms with van der Waals surface area (Å²) in [5.41, 5.74) is 5.61. The molecule has 0 aliphatic heterocycles. The number of rotatable bonds is 26. The molecule has 182 valence electrons. The summed E-state index contributed by atoms with van der Waals surface area (Å²) >= 11 is 0. The van der Waals surface area contributed by atoms with Crippen LogP contribution in [0, 0.1) is 0 Å². The number of hydrogen-bond donors (Lipinski definition) is 2. The number of nitrogens with one attached hydrogen (secondary N) is 1. The van der Waals surface area contributed by atoms with E-state index in [1.165, 1.54) is 148 Å². The average Bonchev–Trinajstić information content (AvgIpc) is 2.76. The smallest absolute Gasteiger partial charge is 0.0161 e. The van der Waals surface area contributed by atoms with Crippen molar-refractivity contribution in [2.45, 2.75) is 168 Å². The Kier molecular flexibility index (Phi) is 26.9. The molecule has 0 fully saturated rings. The van der Waals surface area contributed by atoms with Gasteiger partial charge in [-0.1, -0.05) is 148 Å². The molecule has 0 heterocycles. The first-order valence-corrected chi connectivity index (χ1v) is 14.2. The van der Waals surface area contributed by atoms with E-state index >= 15 is 0 Å². The minimum Gasteiger partial charge on any atom is -0.329 e.